The summed E-state index contributed by atoms with van der Waals surface area (Å²) in [5, 5.41) is 2.27. The molecule has 3 nitrogen and oxygen atoms in total. The maximum atomic E-state index is 7.16. The summed E-state index contributed by atoms with van der Waals surface area (Å²) in [4.78, 5) is 5.26. The Kier molecular flexibility index (Phi) is 10.6. The summed E-state index contributed by atoms with van der Waals surface area (Å²) in [5.74, 6) is 0. The van der Waals surface area contributed by atoms with Crippen LogP contribution in [-0.4, -0.2) is 6.71 Å². The molecular weight excluding hydrogens is 872 g/mol. The topological polar surface area (TPSA) is 19.6 Å². The van der Waals surface area contributed by atoms with Gasteiger partial charge in [0.05, 0.1) is 11.4 Å². The van der Waals surface area contributed by atoms with Crippen molar-refractivity contribution in [2.45, 2.75) is 52.4 Å². The zero-order valence-electron chi connectivity index (χ0n) is 41.4. The zero-order chi connectivity index (χ0) is 48.5. The Balaban J connectivity index is 1.21. The van der Waals surface area contributed by atoms with Crippen LogP contribution in [0.4, 0.5) is 34.1 Å². The molecule has 1 aromatic heterocycles. The molecule has 0 saturated carbocycles. The molecule has 0 spiro atoms. The van der Waals surface area contributed by atoms with E-state index >= 15 is 0 Å². The minimum atomic E-state index is -0.203. The molecule has 3 heterocycles. The maximum Gasteiger partial charge on any atom is 0.252 e. The standard InChI is InChI=1S/C68H55BN2O/c1-5-6-22-49-35-38-56-55-31-19-20-34-63(55)72-67(56)65(49)70-59-39-36-50(45-23-11-7-12-24-45)41-57(59)69-58-42-51(46-25-13-8-14-26-46)37-40-60(58)71(62-44-52(68(2,3)4)43-61(70)64(62)69)66-53(47-27-15-9-16-28-47)32-21-33-54(66)48-29-17-10-18-30-48/h7-21,23-44H,5-6,22H2,1-4H3. The van der Waals surface area contributed by atoms with E-state index in [1.165, 1.54) is 94.8 Å². The van der Waals surface area contributed by atoms with Gasteiger partial charge < -0.3 is 14.2 Å². The van der Waals surface area contributed by atoms with Crippen LogP contribution in [0.1, 0.15) is 51.7 Å². The minimum Gasteiger partial charge on any atom is -0.454 e. The molecule has 0 bridgehead atoms. The molecule has 72 heavy (non-hydrogen) atoms. The summed E-state index contributed by atoms with van der Waals surface area (Å²) < 4.78 is 7.16. The van der Waals surface area contributed by atoms with Gasteiger partial charge in [0.1, 0.15) is 5.58 Å². The highest BCUT2D eigenvalue weighted by Crippen LogP contribution is 2.53. The Labute approximate surface area is 423 Å². The van der Waals surface area contributed by atoms with Crippen molar-refractivity contribution in [2.24, 2.45) is 0 Å². The summed E-state index contributed by atoms with van der Waals surface area (Å²) in [6.45, 7) is 9.26. The number of hydrogen-bond donors (Lipinski definition) is 0. The number of hydrogen-bond acceptors (Lipinski definition) is 3. The Bertz CT molecular complexity index is 3780. The Hall–Kier alpha value is -8.34. The molecule has 11 aromatic rings. The van der Waals surface area contributed by atoms with E-state index in [0.29, 0.717) is 0 Å². The molecule has 0 unspecified atom stereocenters. The van der Waals surface area contributed by atoms with Crippen molar-refractivity contribution in [1.29, 1.82) is 0 Å². The van der Waals surface area contributed by atoms with Crippen LogP contribution in [0, 0.1) is 0 Å². The smallest absolute Gasteiger partial charge is 0.252 e. The van der Waals surface area contributed by atoms with Crippen LogP contribution in [0.15, 0.2) is 229 Å². The van der Waals surface area contributed by atoms with Gasteiger partial charge in [0.2, 0.25) is 0 Å². The van der Waals surface area contributed by atoms with Crippen LogP contribution in [0.2, 0.25) is 0 Å². The molecule has 0 N–H and O–H groups in total. The molecular formula is C68H55BN2O. The summed E-state index contributed by atoms with van der Waals surface area (Å²) in [6.07, 6.45) is 3.08. The highest BCUT2D eigenvalue weighted by molar-refractivity contribution is 7.00. The van der Waals surface area contributed by atoms with Crippen molar-refractivity contribution in [3.63, 3.8) is 0 Å². The van der Waals surface area contributed by atoms with Crippen molar-refractivity contribution >= 4 is 79.2 Å². The average molecular weight is 927 g/mol. The number of unbranched alkanes of at least 4 members (excludes halogenated alkanes) is 1. The largest absolute Gasteiger partial charge is 0.454 e. The van der Waals surface area contributed by atoms with E-state index in [4.69, 9.17) is 4.42 Å². The molecule has 2 aliphatic heterocycles. The highest BCUT2D eigenvalue weighted by atomic mass is 16.3. The lowest BCUT2D eigenvalue weighted by Crippen LogP contribution is -2.61. The Morgan fingerprint density at radius 3 is 1.46 bits per heavy atom. The number of fused-ring (bicyclic) bond motifs is 7. The van der Waals surface area contributed by atoms with Crippen LogP contribution in [-0.2, 0) is 11.8 Å². The van der Waals surface area contributed by atoms with Crippen LogP contribution >= 0.6 is 0 Å². The number of aryl methyl sites for hydroxylation is 1. The fourth-order valence-corrected chi connectivity index (χ4v) is 11.7. The molecule has 0 radical (unpaired) electrons. The predicted octanol–water partition coefficient (Wildman–Crippen LogP) is 17.0. The Morgan fingerprint density at radius 1 is 0.431 bits per heavy atom. The van der Waals surface area contributed by atoms with Gasteiger partial charge in [-0.15, -0.1) is 0 Å². The number of benzene rings is 10. The quantitative estimate of drug-likeness (QED) is 0.135. The third-order valence-corrected chi connectivity index (χ3v) is 15.2. The van der Waals surface area contributed by atoms with Gasteiger partial charge in [-0.05, 0) is 109 Å². The first-order chi connectivity index (χ1) is 35.3. The normalized spacial score (nSPS) is 12.8. The van der Waals surface area contributed by atoms with E-state index in [1.54, 1.807) is 0 Å². The summed E-state index contributed by atoms with van der Waals surface area (Å²) in [7, 11) is 0. The summed E-state index contributed by atoms with van der Waals surface area (Å²) >= 11 is 0. The molecule has 13 rings (SSSR count). The van der Waals surface area contributed by atoms with Crippen molar-refractivity contribution in [2.75, 3.05) is 9.80 Å². The van der Waals surface area contributed by atoms with Gasteiger partial charge in [0.15, 0.2) is 5.58 Å². The second-order valence-electron chi connectivity index (χ2n) is 20.6. The molecule has 0 fully saturated rings. The number of para-hydroxylation sites is 2. The van der Waals surface area contributed by atoms with Crippen molar-refractivity contribution in [3.05, 3.63) is 236 Å². The van der Waals surface area contributed by atoms with Gasteiger partial charge in [-0.2, -0.15) is 0 Å². The molecule has 346 valence electrons. The van der Waals surface area contributed by atoms with Gasteiger partial charge in [0.25, 0.3) is 6.71 Å². The van der Waals surface area contributed by atoms with E-state index in [0.717, 1.165) is 52.6 Å². The van der Waals surface area contributed by atoms with Crippen molar-refractivity contribution in [3.8, 4) is 44.5 Å². The van der Waals surface area contributed by atoms with E-state index in [1.807, 2.05) is 0 Å². The number of furan rings is 1. The first-order valence-corrected chi connectivity index (χ1v) is 25.7. The minimum absolute atomic E-state index is 0.119. The molecule has 4 heteroatoms. The lowest BCUT2D eigenvalue weighted by Gasteiger charge is -2.46. The average Bonchev–Trinajstić information content (AvgIpc) is 3.81. The van der Waals surface area contributed by atoms with Crippen LogP contribution in [0.5, 0.6) is 0 Å². The van der Waals surface area contributed by atoms with Crippen LogP contribution in [0.25, 0.3) is 66.4 Å². The summed E-state index contributed by atoms with van der Waals surface area (Å²) in [5.41, 5.74) is 24.5. The second-order valence-corrected chi connectivity index (χ2v) is 20.6. The van der Waals surface area contributed by atoms with E-state index < -0.39 is 0 Å². The third kappa shape index (κ3) is 7.19. The van der Waals surface area contributed by atoms with Gasteiger partial charge in [-0.1, -0.05) is 228 Å². The fraction of sp³-hybridized carbons (Fsp3) is 0.118. The first-order valence-electron chi connectivity index (χ1n) is 25.7. The van der Waals surface area contributed by atoms with Crippen LogP contribution < -0.4 is 26.2 Å². The lowest BCUT2D eigenvalue weighted by atomic mass is 9.33. The Morgan fingerprint density at radius 2 is 0.931 bits per heavy atom. The molecule has 0 aliphatic carbocycles. The lowest BCUT2D eigenvalue weighted by molar-refractivity contribution is 0.590. The van der Waals surface area contributed by atoms with Gasteiger partial charge in [-0.3, -0.25) is 0 Å². The fourth-order valence-electron chi connectivity index (χ4n) is 11.7. The maximum absolute atomic E-state index is 7.16. The molecule has 0 amide bonds. The second kappa shape index (κ2) is 17.5. The van der Waals surface area contributed by atoms with Crippen LogP contribution in [0.3, 0.4) is 0 Å². The molecule has 0 atom stereocenters. The highest BCUT2D eigenvalue weighted by Gasteiger charge is 2.46. The van der Waals surface area contributed by atoms with Gasteiger partial charge in [-0.25, -0.2) is 0 Å². The SMILES string of the molecule is CCCCc1ccc2c(oc3ccccc32)c1N1c2ccc(-c3ccccc3)cc2B2c3cc(-c4ccccc4)ccc3N(c3c(-c4ccccc4)cccc3-c3ccccc3)c3cc(C(C)(C)C)cc1c32. The van der Waals surface area contributed by atoms with Crippen molar-refractivity contribution < 1.29 is 4.42 Å². The predicted molar refractivity (Wildman–Crippen MR) is 307 cm³/mol. The zero-order valence-corrected chi connectivity index (χ0v) is 41.4. The molecule has 10 aromatic carbocycles. The number of anilines is 6. The van der Waals surface area contributed by atoms with E-state index in [9.17, 15) is 0 Å². The van der Waals surface area contributed by atoms with Crippen molar-refractivity contribution in [1.82, 2.24) is 0 Å². The number of rotatable bonds is 9. The molecule has 0 saturated heterocycles. The van der Waals surface area contributed by atoms with E-state index in [-0.39, 0.29) is 12.1 Å². The van der Waals surface area contributed by atoms with Gasteiger partial charge >= 0.3 is 0 Å². The van der Waals surface area contributed by atoms with Gasteiger partial charge in [0, 0.05) is 44.6 Å². The van der Waals surface area contributed by atoms with E-state index in [2.05, 4.69) is 262 Å². The third-order valence-electron chi connectivity index (χ3n) is 15.2. The number of nitrogens with zero attached hydrogens (tertiary/aromatic N) is 2. The first kappa shape index (κ1) is 43.7. The monoisotopic (exact) mass is 926 g/mol. The summed E-state index contributed by atoms with van der Waals surface area (Å²) in [6, 6.07) is 83.4. The molecule has 2 aliphatic rings.